The molecule has 0 unspecified atom stereocenters. The number of aromatic nitrogens is 1. The van der Waals surface area contributed by atoms with Crippen LogP contribution in [-0.4, -0.2) is 56.8 Å². The maximum atomic E-state index is 13.7. The summed E-state index contributed by atoms with van der Waals surface area (Å²) in [5.74, 6) is -2.37. The number of amides is 2. The van der Waals surface area contributed by atoms with Crippen LogP contribution in [0.25, 0.3) is 11.6 Å². The molecule has 0 saturated carbocycles. The molecule has 2 aromatic rings. The van der Waals surface area contributed by atoms with E-state index >= 15 is 0 Å². The van der Waals surface area contributed by atoms with Gasteiger partial charge in [0.25, 0.3) is 11.8 Å². The van der Waals surface area contributed by atoms with Crippen molar-refractivity contribution in [2.24, 2.45) is 0 Å². The minimum atomic E-state index is -1.16. The number of carbonyl (C=O) groups excluding carboxylic acids is 2. The standard InChI is InChI=1S/C23H26FN3O6/c1-11-19(10-17-16-7-13(24)3-4-18(16)27-22(17)32)26-12(2)21(11)23(33)25-6-5-14(28)8-15(29)9-20(30)31/h3-4,7,10,14-15,26,28-29H,5-6,8-9H2,1-2H3,(H,25,33)(H,27,32)(H,30,31)/t14-,15-/m1/s1. The van der Waals surface area contributed by atoms with Crippen LogP contribution in [0.2, 0.25) is 0 Å². The van der Waals surface area contributed by atoms with Gasteiger partial charge in [-0.15, -0.1) is 0 Å². The SMILES string of the molecule is Cc1[nH]c(C=C2C(=O)Nc3ccc(F)cc32)c(C)c1C(=O)NCC[C@@H](O)C[C@@H](O)CC(=O)O. The number of hydrogen-bond donors (Lipinski definition) is 6. The Morgan fingerprint density at radius 3 is 2.64 bits per heavy atom. The zero-order valence-corrected chi connectivity index (χ0v) is 18.2. The quantitative estimate of drug-likeness (QED) is 0.316. The highest BCUT2D eigenvalue weighted by molar-refractivity contribution is 6.34. The molecule has 1 aromatic carbocycles. The number of aromatic amines is 1. The molecule has 9 nitrogen and oxygen atoms in total. The van der Waals surface area contributed by atoms with Gasteiger partial charge in [0.1, 0.15) is 5.82 Å². The van der Waals surface area contributed by atoms with Gasteiger partial charge < -0.3 is 30.9 Å². The van der Waals surface area contributed by atoms with Crippen molar-refractivity contribution in [3.05, 3.63) is 52.1 Å². The van der Waals surface area contributed by atoms with Gasteiger partial charge in [0.15, 0.2) is 0 Å². The average Bonchev–Trinajstić information content (AvgIpc) is 3.16. The van der Waals surface area contributed by atoms with Crippen LogP contribution in [0.3, 0.4) is 0 Å². The van der Waals surface area contributed by atoms with Gasteiger partial charge in [0, 0.05) is 29.2 Å². The van der Waals surface area contributed by atoms with Gasteiger partial charge in [-0.05, 0) is 56.5 Å². The van der Waals surface area contributed by atoms with E-state index in [1.54, 1.807) is 19.9 Å². The summed E-state index contributed by atoms with van der Waals surface area (Å²) in [5, 5.41) is 33.5. The molecule has 0 fully saturated rings. The number of carboxylic acid groups (broad SMARTS) is 1. The molecule has 2 atom stereocenters. The fraction of sp³-hybridized carbons (Fsp3) is 0.348. The van der Waals surface area contributed by atoms with E-state index < -0.39 is 30.4 Å². The number of fused-ring (bicyclic) bond motifs is 1. The number of benzene rings is 1. The van der Waals surface area contributed by atoms with Crippen LogP contribution in [0.15, 0.2) is 18.2 Å². The zero-order chi connectivity index (χ0) is 24.3. The number of H-pyrrole nitrogens is 1. The highest BCUT2D eigenvalue weighted by Crippen LogP contribution is 2.34. The predicted molar refractivity (Wildman–Crippen MR) is 119 cm³/mol. The van der Waals surface area contributed by atoms with Gasteiger partial charge in [-0.25, -0.2) is 4.39 Å². The molecule has 176 valence electrons. The Labute approximate surface area is 189 Å². The number of hydrogen-bond acceptors (Lipinski definition) is 5. The van der Waals surface area contributed by atoms with Crippen molar-refractivity contribution >= 4 is 35.1 Å². The first-order valence-corrected chi connectivity index (χ1v) is 10.4. The van der Waals surface area contributed by atoms with Crippen LogP contribution in [0.5, 0.6) is 0 Å². The maximum absolute atomic E-state index is 13.7. The Kier molecular flexibility index (Phi) is 7.29. The number of carboxylic acids is 1. The first-order valence-electron chi connectivity index (χ1n) is 10.4. The molecule has 10 heteroatoms. The number of anilines is 1. The van der Waals surface area contributed by atoms with Crippen LogP contribution in [0.1, 0.15) is 52.1 Å². The van der Waals surface area contributed by atoms with Crippen molar-refractivity contribution < 1.29 is 34.1 Å². The number of carbonyl (C=O) groups is 3. The second-order valence-electron chi connectivity index (χ2n) is 8.05. The highest BCUT2D eigenvalue weighted by atomic mass is 19.1. The average molecular weight is 459 g/mol. The van der Waals surface area contributed by atoms with Gasteiger partial charge in [-0.2, -0.15) is 0 Å². The Morgan fingerprint density at radius 1 is 1.21 bits per heavy atom. The van der Waals surface area contributed by atoms with Crippen LogP contribution >= 0.6 is 0 Å². The summed E-state index contributed by atoms with van der Waals surface area (Å²) in [6.45, 7) is 3.56. The summed E-state index contributed by atoms with van der Waals surface area (Å²) in [7, 11) is 0. The second kappa shape index (κ2) is 9.97. The molecule has 1 aliphatic heterocycles. The monoisotopic (exact) mass is 459 g/mol. The van der Waals surface area contributed by atoms with Crippen LogP contribution < -0.4 is 10.6 Å². The van der Waals surface area contributed by atoms with Gasteiger partial charge in [-0.3, -0.25) is 14.4 Å². The smallest absolute Gasteiger partial charge is 0.305 e. The van der Waals surface area contributed by atoms with Crippen LogP contribution in [-0.2, 0) is 9.59 Å². The lowest BCUT2D eigenvalue weighted by Gasteiger charge is -2.14. The van der Waals surface area contributed by atoms with E-state index in [-0.39, 0.29) is 36.8 Å². The molecule has 3 rings (SSSR count). The van der Waals surface area contributed by atoms with Gasteiger partial charge in [-0.1, -0.05) is 0 Å². The first kappa shape index (κ1) is 24.1. The van der Waals surface area contributed by atoms with E-state index in [1.165, 1.54) is 18.2 Å². The van der Waals surface area contributed by atoms with E-state index in [0.29, 0.717) is 33.8 Å². The number of aliphatic hydroxyl groups is 2. The molecule has 1 aromatic heterocycles. The van der Waals surface area contributed by atoms with E-state index in [9.17, 15) is 29.0 Å². The van der Waals surface area contributed by atoms with Crippen molar-refractivity contribution in [3.63, 3.8) is 0 Å². The minimum absolute atomic E-state index is 0.105. The molecule has 0 radical (unpaired) electrons. The molecule has 1 aliphatic rings. The third-order valence-electron chi connectivity index (χ3n) is 5.47. The third-order valence-corrected chi connectivity index (χ3v) is 5.47. The lowest BCUT2D eigenvalue weighted by molar-refractivity contribution is -0.139. The molecule has 0 saturated heterocycles. The lowest BCUT2D eigenvalue weighted by Crippen LogP contribution is -2.29. The molecule has 0 aliphatic carbocycles. The Morgan fingerprint density at radius 2 is 1.94 bits per heavy atom. The minimum Gasteiger partial charge on any atom is -0.481 e. The molecular formula is C23H26FN3O6. The largest absolute Gasteiger partial charge is 0.481 e. The van der Waals surface area contributed by atoms with Crippen molar-refractivity contribution in [3.8, 4) is 0 Å². The Bertz CT molecular complexity index is 1120. The fourth-order valence-electron chi connectivity index (χ4n) is 3.86. The number of nitrogens with one attached hydrogen (secondary N) is 3. The first-order chi connectivity index (χ1) is 15.6. The number of rotatable bonds is 9. The molecule has 0 spiro atoms. The number of aryl methyl sites for hydroxylation is 1. The summed E-state index contributed by atoms with van der Waals surface area (Å²) < 4.78 is 13.7. The van der Waals surface area contributed by atoms with Crippen molar-refractivity contribution in [2.75, 3.05) is 11.9 Å². The fourth-order valence-corrected chi connectivity index (χ4v) is 3.86. The van der Waals surface area contributed by atoms with Crippen LogP contribution in [0.4, 0.5) is 10.1 Å². The Balaban J connectivity index is 1.68. The van der Waals surface area contributed by atoms with Gasteiger partial charge in [0.05, 0.1) is 29.8 Å². The third kappa shape index (κ3) is 5.65. The lowest BCUT2D eigenvalue weighted by atomic mass is 10.0. The molecular weight excluding hydrogens is 433 g/mol. The summed E-state index contributed by atoms with van der Waals surface area (Å²) in [6, 6.07) is 4.03. The van der Waals surface area contributed by atoms with E-state index in [0.717, 1.165) is 0 Å². The molecule has 2 heterocycles. The maximum Gasteiger partial charge on any atom is 0.305 e. The van der Waals surface area contributed by atoms with Crippen molar-refractivity contribution in [2.45, 2.75) is 45.3 Å². The van der Waals surface area contributed by atoms with Gasteiger partial charge >= 0.3 is 5.97 Å². The summed E-state index contributed by atoms with van der Waals surface area (Å²) in [6.07, 6.45) is -0.971. The highest BCUT2D eigenvalue weighted by Gasteiger charge is 2.26. The van der Waals surface area contributed by atoms with Crippen molar-refractivity contribution in [1.82, 2.24) is 10.3 Å². The normalized spacial score (nSPS) is 15.8. The van der Waals surface area contributed by atoms with Crippen molar-refractivity contribution in [1.29, 1.82) is 0 Å². The molecule has 0 bridgehead atoms. The predicted octanol–water partition coefficient (Wildman–Crippen LogP) is 1.97. The summed E-state index contributed by atoms with van der Waals surface area (Å²) >= 11 is 0. The Hall–Kier alpha value is -3.50. The second-order valence-corrected chi connectivity index (χ2v) is 8.05. The topological polar surface area (TPSA) is 152 Å². The zero-order valence-electron chi connectivity index (χ0n) is 18.2. The number of aliphatic hydroxyl groups excluding tert-OH is 2. The van der Waals surface area contributed by atoms with E-state index in [2.05, 4.69) is 15.6 Å². The molecule has 6 N–H and O–H groups in total. The summed E-state index contributed by atoms with van der Waals surface area (Å²) in [4.78, 5) is 38.7. The molecule has 33 heavy (non-hydrogen) atoms. The number of halogens is 1. The van der Waals surface area contributed by atoms with Crippen LogP contribution in [0, 0.1) is 19.7 Å². The summed E-state index contributed by atoms with van der Waals surface area (Å²) in [5.41, 5.74) is 3.34. The van der Waals surface area contributed by atoms with E-state index in [4.69, 9.17) is 5.11 Å². The molecule has 2 amide bonds. The number of aliphatic carboxylic acids is 1. The van der Waals surface area contributed by atoms with Gasteiger partial charge in [0.2, 0.25) is 0 Å². The van der Waals surface area contributed by atoms with E-state index in [1.807, 2.05) is 0 Å².